The predicted molar refractivity (Wildman–Crippen MR) is 70.5 cm³/mol. The molecular weight excluding hydrogens is 242 g/mol. The molecular formula is C14H17N3O2. The number of rotatable bonds is 4. The quantitative estimate of drug-likeness (QED) is 0.913. The van der Waals surface area contributed by atoms with Crippen molar-refractivity contribution in [1.82, 2.24) is 15.5 Å². The van der Waals surface area contributed by atoms with Crippen molar-refractivity contribution < 1.29 is 9.32 Å². The summed E-state index contributed by atoms with van der Waals surface area (Å²) < 4.78 is 5.02. The molecule has 0 saturated heterocycles. The molecule has 2 rings (SSSR count). The van der Waals surface area contributed by atoms with E-state index in [1.807, 2.05) is 38.1 Å². The number of benzene rings is 1. The summed E-state index contributed by atoms with van der Waals surface area (Å²) in [5, 5.41) is 6.54. The Morgan fingerprint density at radius 1 is 1.32 bits per heavy atom. The largest absolute Gasteiger partial charge is 0.344 e. The summed E-state index contributed by atoms with van der Waals surface area (Å²) in [4.78, 5) is 16.0. The zero-order valence-electron chi connectivity index (χ0n) is 11.3. The van der Waals surface area contributed by atoms with E-state index in [0.717, 1.165) is 5.56 Å². The fourth-order valence-electron chi connectivity index (χ4n) is 1.73. The number of carbonyl (C=O) groups is 1. The normalized spacial score (nSPS) is 12.2. The number of hydrogen-bond acceptors (Lipinski definition) is 4. The zero-order chi connectivity index (χ0) is 13.8. The first kappa shape index (κ1) is 13.3. The molecule has 5 nitrogen and oxygen atoms in total. The molecule has 0 aliphatic carbocycles. The van der Waals surface area contributed by atoms with Gasteiger partial charge in [-0.3, -0.25) is 4.79 Å². The van der Waals surface area contributed by atoms with E-state index in [-0.39, 0.29) is 11.9 Å². The summed E-state index contributed by atoms with van der Waals surface area (Å²) in [7, 11) is 0. The van der Waals surface area contributed by atoms with Crippen LogP contribution in [0.5, 0.6) is 0 Å². The highest BCUT2D eigenvalue weighted by atomic mass is 16.5. The molecule has 0 spiro atoms. The highest BCUT2D eigenvalue weighted by Crippen LogP contribution is 2.10. The standard InChI is InChI=1S/C14H17N3O2/c1-9-4-6-12(7-5-9)8-13(18)15-10(2)14-16-11(3)17-19-14/h4-7,10H,8H2,1-3H3,(H,15,18)/t10-/m0/s1. The van der Waals surface area contributed by atoms with Crippen molar-refractivity contribution in [1.29, 1.82) is 0 Å². The smallest absolute Gasteiger partial charge is 0.248 e. The third-order valence-electron chi connectivity index (χ3n) is 2.78. The Morgan fingerprint density at radius 2 is 2.00 bits per heavy atom. The van der Waals surface area contributed by atoms with E-state index < -0.39 is 0 Å². The second-order valence-corrected chi connectivity index (χ2v) is 4.63. The van der Waals surface area contributed by atoms with E-state index in [1.165, 1.54) is 5.56 Å². The Morgan fingerprint density at radius 3 is 2.58 bits per heavy atom. The zero-order valence-corrected chi connectivity index (χ0v) is 11.3. The summed E-state index contributed by atoms with van der Waals surface area (Å²) in [5.41, 5.74) is 2.16. The Kier molecular flexibility index (Phi) is 3.94. The molecule has 5 heteroatoms. The molecule has 1 N–H and O–H groups in total. The molecule has 19 heavy (non-hydrogen) atoms. The van der Waals surface area contributed by atoms with Crippen LogP contribution in [0.25, 0.3) is 0 Å². The lowest BCUT2D eigenvalue weighted by Crippen LogP contribution is -2.28. The molecule has 1 aromatic heterocycles. The van der Waals surface area contributed by atoms with Crippen molar-refractivity contribution >= 4 is 5.91 Å². The maximum Gasteiger partial charge on any atom is 0.248 e. The monoisotopic (exact) mass is 259 g/mol. The summed E-state index contributed by atoms with van der Waals surface area (Å²) in [5.74, 6) is 0.927. The molecule has 0 bridgehead atoms. The maximum absolute atomic E-state index is 11.9. The minimum atomic E-state index is -0.279. The van der Waals surface area contributed by atoms with Crippen molar-refractivity contribution in [3.8, 4) is 0 Å². The molecule has 0 radical (unpaired) electrons. The first-order valence-corrected chi connectivity index (χ1v) is 6.19. The van der Waals surface area contributed by atoms with E-state index >= 15 is 0 Å². The summed E-state index contributed by atoms with van der Waals surface area (Å²) >= 11 is 0. The number of hydrogen-bond donors (Lipinski definition) is 1. The van der Waals surface area contributed by atoms with E-state index in [2.05, 4.69) is 15.5 Å². The molecule has 0 fully saturated rings. The fourth-order valence-corrected chi connectivity index (χ4v) is 1.73. The van der Waals surface area contributed by atoms with E-state index in [1.54, 1.807) is 6.92 Å². The van der Waals surface area contributed by atoms with Crippen molar-refractivity contribution in [2.75, 3.05) is 0 Å². The number of nitrogens with one attached hydrogen (secondary N) is 1. The van der Waals surface area contributed by atoms with E-state index in [4.69, 9.17) is 4.52 Å². The molecule has 2 aromatic rings. The molecule has 0 aliphatic heterocycles. The average Bonchev–Trinajstić information content (AvgIpc) is 2.79. The van der Waals surface area contributed by atoms with Gasteiger partial charge in [-0.15, -0.1) is 0 Å². The topological polar surface area (TPSA) is 68.0 Å². The van der Waals surface area contributed by atoms with Gasteiger partial charge in [-0.25, -0.2) is 0 Å². The van der Waals surface area contributed by atoms with Gasteiger partial charge >= 0.3 is 0 Å². The summed E-state index contributed by atoms with van der Waals surface area (Å²) in [6.07, 6.45) is 0.345. The SMILES string of the molecule is Cc1ccc(CC(=O)N[C@@H](C)c2nc(C)no2)cc1. The van der Waals surface area contributed by atoms with Gasteiger partial charge in [0, 0.05) is 0 Å². The minimum absolute atomic E-state index is 0.0628. The number of nitrogens with zero attached hydrogens (tertiary/aromatic N) is 2. The highest BCUT2D eigenvalue weighted by molar-refractivity contribution is 5.78. The van der Waals surface area contributed by atoms with Gasteiger partial charge in [0.1, 0.15) is 6.04 Å². The molecule has 0 unspecified atom stereocenters. The van der Waals surface area contributed by atoms with Gasteiger partial charge in [0.2, 0.25) is 11.8 Å². The van der Waals surface area contributed by atoms with Crippen LogP contribution < -0.4 is 5.32 Å². The average molecular weight is 259 g/mol. The first-order valence-electron chi connectivity index (χ1n) is 6.19. The lowest BCUT2D eigenvalue weighted by molar-refractivity contribution is -0.121. The van der Waals surface area contributed by atoms with Gasteiger partial charge < -0.3 is 9.84 Å². The molecule has 100 valence electrons. The molecule has 0 aliphatic rings. The van der Waals surface area contributed by atoms with Crippen LogP contribution in [0, 0.1) is 13.8 Å². The molecule has 1 atom stereocenters. The van der Waals surface area contributed by atoms with Gasteiger partial charge in [-0.2, -0.15) is 4.98 Å². The lowest BCUT2D eigenvalue weighted by atomic mass is 10.1. The van der Waals surface area contributed by atoms with Crippen LogP contribution in [0.15, 0.2) is 28.8 Å². The molecule has 1 heterocycles. The van der Waals surface area contributed by atoms with Gasteiger partial charge in [0.25, 0.3) is 0 Å². The lowest BCUT2D eigenvalue weighted by Gasteiger charge is -2.09. The highest BCUT2D eigenvalue weighted by Gasteiger charge is 2.15. The maximum atomic E-state index is 11.9. The van der Waals surface area contributed by atoms with Crippen molar-refractivity contribution in [2.24, 2.45) is 0 Å². The Balaban J connectivity index is 1.92. The van der Waals surface area contributed by atoms with Gasteiger partial charge in [-0.05, 0) is 26.3 Å². The van der Waals surface area contributed by atoms with E-state index in [0.29, 0.717) is 18.1 Å². The third-order valence-corrected chi connectivity index (χ3v) is 2.78. The Labute approximate surface area is 112 Å². The van der Waals surface area contributed by atoms with Gasteiger partial charge in [0.15, 0.2) is 5.82 Å². The van der Waals surface area contributed by atoms with Crippen LogP contribution >= 0.6 is 0 Å². The second kappa shape index (κ2) is 5.65. The predicted octanol–water partition coefficient (Wildman–Crippen LogP) is 2.11. The third kappa shape index (κ3) is 3.64. The van der Waals surface area contributed by atoms with Crippen LogP contribution in [0.2, 0.25) is 0 Å². The number of aryl methyl sites for hydroxylation is 2. The number of aromatic nitrogens is 2. The van der Waals surface area contributed by atoms with E-state index in [9.17, 15) is 4.79 Å². The van der Waals surface area contributed by atoms with Crippen LogP contribution in [0.1, 0.15) is 35.8 Å². The van der Waals surface area contributed by atoms with Crippen LogP contribution in [0.4, 0.5) is 0 Å². The van der Waals surface area contributed by atoms with Crippen LogP contribution in [-0.2, 0) is 11.2 Å². The van der Waals surface area contributed by atoms with Gasteiger partial charge in [-0.1, -0.05) is 35.0 Å². The van der Waals surface area contributed by atoms with Crippen LogP contribution in [-0.4, -0.2) is 16.0 Å². The minimum Gasteiger partial charge on any atom is -0.344 e. The number of amides is 1. The summed E-state index contributed by atoms with van der Waals surface area (Å²) in [6, 6.07) is 7.62. The Hall–Kier alpha value is -2.17. The van der Waals surface area contributed by atoms with Gasteiger partial charge in [0.05, 0.1) is 6.42 Å². The van der Waals surface area contributed by atoms with Crippen molar-refractivity contribution in [2.45, 2.75) is 33.2 Å². The molecule has 1 amide bonds. The first-order chi connectivity index (χ1) is 9.04. The van der Waals surface area contributed by atoms with Crippen molar-refractivity contribution in [3.05, 3.63) is 47.1 Å². The second-order valence-electron chi connectivity index (χ2n) is 4.63. The summed E-state index contributed by atoms with van der Waals surface area (Å²) in [6.45, 7) is 5.58. The Bertz CT molecular complexity index is 560. The molecule has 1 aromatic carbocycles. The fraction of sp³-hybridized carbons (Fsp3) is 0.357. The number of carbonyl (C=O) groups excluding carboxylic acids is 1. The van der Waals surface area contributed by atoms with Crippen molar-refractivity contribution in [3.63, 3.8) is 0 Å². The van der Waals surface area contributed by atoms with Crippen LogP contribution in [0.3, 0.4) is 0 Å². The molecule has 0 saturated carbocycles.